The van der Waals surface area contributed by atoms with Crippen LogP contribution in [0.5, 0.6) is 17.2 Å². The molecule has 31 heavy (non-hydrogen) atoms. The van der Waals surface area contributed by atoms with Crippen molar-refractivity contribution < 1.29 is 14.2 Å². The van der Waals surface area contributed by atoms with Gasteiger partial charge in [-0.05, 0) is 35.9 Å². The van der Waals surface area contributed by atoms with Crippen molar-refractivity contribution in [3.05, 3.63) is 56.8 Å². The Morgan fingerprint density at radius 2 is 1.65 bits per heavy atom. The van der Waals surface area contributed by atoms with Gasteiger partial charge in [0, 0.05) is 25.3 Å². The number of ether oxygens (including phenoxy) is 3. The number of benzene rings is 2. The number of anilines is 1. The molecule has 0 atom stereocenters. The molecular weight excluding hydrogens is 416 g/mol. The lowest BCUT2D eigenvalue weighted by Crippen LogP contribution is -2.23. The van der Waals surface area contributed by atoms with E-state index >= 15 is 0 Å². The molecule has 0 unspecified atom stereocenters. The number of thiazole rings is 1. The molecule has 0 saturated heterocycles. The summed E-state index contributed by atoms with van der Waals surface area (Å²) < 4.78 is 18.0. The molecule has 4 aromatic rings. The first-order valence-electron chi connectivity index (χ1n) is 9.44. The van der Waals surface area contributed by atoms with Crippen molar-refractivity contribution in [3.8, 4) is 28.6 Å². The Balaban J connectivity index is 1.75. The summed E-state index contributed by atoms with van der Waals surface area (Å²) in [4.78, 5) is 19.9. The Morgan fingerprint density at radius 1 is 1.00 bits per heavy atom. The summed E-state index contributed by atoms with van der Waals surface area (Å²) in [6.45, 7) is 0. The predicted octanol–water partition coefficient (Wildman–Crippen LogP) is 2.46. The molecule has 2 aromatic heterocycles. The van der Waals surface area contributed by atoms with Gasteiger partial charge < -0.3 is 19.1 Å². The normalized spacial score (nSPS) is 11.7. The lowest BCUT2D eigenvalue weighted by Gasteiger charge is -2.12. The minimum atomic E-state index is -0.206. The number of hydrogen-bond acceptors (Lipinski definition) is 8. The highest BCUT2D eigenvalue weighted by molar-refractivity contribution is 7.15. The van der Waals surface area contributed by atoms with E-state index in [1.54, 1.807) is 33.5 Å². The number of nitrogens with zero attached hydrogens (tertiary/aromatic N) is 4. The number of fused-ring (bicyclic) bond motifs is 1. The zero-order valence-corrected chi connectivity index (χ0v) is 18.7. The molecule has 0 bridgehead atoms. The van der Waals surface area contributed by atoms with Gasteiger partial charge in [0.15, 0.2) is 17.3 Å². The first-order chi connectivity index (χ1) is 14.9. The van der Waals surface area contributed by atoms with Crippen molar-refractivity contribution >= 4 is 28.1 Å². The van der Waals surface area contributed by atoms with E-state index in [0.717, 1.165) is 11.3 Å². The molecule has 0 amide bonds. The third kappa shape index (κ3) is 3.79. The third-order valence-corrected chi connectivity index (χ3v) is 5.77. The predicted molar refractivity (Wildman–Crippen MR) is 122 cm³/mol. The molecule has 4 rings (SSSR count). The van der Waals surface area contributed by atoms with Crippen LogP contribution in [-0.2, 0) is 0 Å². The number of hydrogen-bond donors (Lipinski definition) is 0. The number of rotatable bonds is 6. The molecule has 0 spiro atoms. The van der Waals surface area contributed by atoms with Crippen LogP contribution in [0, 0.1) is 0 Å². The van der Waals surface area contributed by atoms with Gasteiger partial charge in [0.05, 0.1) is 25.9 Å². The van der Waals surface area contributed by atoms with Crippen molar-refractivity contribution in [2.45, 2.75) is 0 Å². The van der Waals surface area contributed by atoms with Gasteiger partial charge in [-0.1, -0.05) is 23.5 Å². The largest absolute Gasteiger partial charge is 0.493 e. The van der Waals surface area contributed by atoms with Gasteiger partial charge in [0.2, 0.25) is 10.7 Å². The fourth-order valence-electron chi connectivity index (χ4n) is 3.19. The second-order valence-electron chi connectivity index (χ2n) is 6.95. The average molecular weight is 439 g/mol. The molecule has 9 heteroatoms. The quantitative estimate of drug-likeness (QED) is 0.458. The molecule has 0 aliphatic rings. The fourth-order valence-corrected chi connectivity index (χ4v) is 4.09. The average Bonchev–Trinajstić information content (AvgIpc) is 3.32. The van der Waals surface area contributed by atoms with Gasteiger partial charge in [-0.25, -0.2) is 0 Å². The molecule has 0 saturated carbocycles. The SMILES string of the molecule is COc1cc(-c2nc3s/c(=C\c4ccc(N(C)C)cc4)c(=O)n3n2)cc(OC)c1OC. The summed E-state index contributed by atoms with van der Waals surface area (Å²) in [6, 6.07) is 11.5. The van der Waals surface area contributed by atoms with Crippen LogP contribution in [0.25, 0.3) is 22.4 Å². The zero-order chi connectivity index (χ0) is 22.1. The van der Waals surface area contributed by atoms with Crippen LogP contribution in [0.3, 0.4) is 0 Å². The topological polar surface area (TPSA) is 78.2 Å². The van der Waals surface area contributed by atoms with E-state index in [4.69, 9.17) is 14.2 Å². The van der Waals surface area contributed by atoms with Crippen LogP contribution in [0.15, 0.2) is 41.2 Å². The minimum absolute atomic E-state index is 0.206. The van der Waals surface area contributed by atoms with Crippen LogP contribution in [-0.4, -0.2) is 50.0 Å². The Bertz CT molecular complexity index is 1320. The molecule has 0 aliphatic carbocycles. The molecule has 2 heterocycles. The van der Waals surface area contributed by atoms with E-state index in [9.17, 15) is 4.79 Å². The molecule has 0 fully saturated rings. The van der Waals surface area contributed by atoms with E-state index in [0.29, 0.717) is 38.1 Å². The first kappa shape index (κ1) is 20.7. The standard InChI is InChI=1S/C22H22N4O4S/c1-25(2)15-8-6-13(7-9-15)10-18-21(27)26-22(31-18)23-20(24-26)14-11-16(28-3)19(30-5)17(12-14)29-4/h6-12H,1-5H3/b18-10-. The maximum absolute atomic E-state index is 12.9. The van der Waals surface area contributed by atoms with Crippen LogP contribution in [0.1, 0.15) is 5.56 Å². The monoisotopic (exact) mass is 438 g/mol. The summed E-state index contributed by atoms with van der Waals surface area (Å²) in [7, 11) is 8.60. The summed E-state index contributed by atoms with van der Waals surface area (Å²) in [6.07, 6.45) is 1.85. The van der Waals surface area contributed by atoms with Crippen LogP contribution < -0.4 is 29.2 Å². The second kappa shape index (κ2) is 8.27. The molecule has 160 valence electrons. The van der Waals surface area contributed by atoms with Crippen molar-refractivity contribution in [2.24, 2.45) is 0 Å². The highest BCUT2D eigenvalue weighted by Crippen LogP contribution is 2.40. The smallest absolute Gasteiger partial charge is 0.291 e. The van der Waals surface area contributed by atoms with Crippen molar-refractivity contribution in [2.75, 3.05) is 40.3 Å². The van der Waals surface area contributed by atoms with Crippen LogP contribution in [0.2, 0.25) is 0 Å². The van der Waals surface area contributed by atoms with Crippen molar-refractivity contribution in [1.82, 2.24) is 14.6 Å². The Kier molecular flexibility index (Phi) is 5.51. The van der Waals surface area contributed by atoms with Crippen molar-refractivity contribution in [1.29, 1.82) is 0 Å². The van der Waals surface area contributed by atoms with E-state index in [1.807, 2.05) is 49.3 Å². The van der Waals surface area contributed by atoms with Gasteiger partial charge >= 0.3 is 0 Å². The lowest BCUT2D eigenvalue weighted by atomic mass is 10.1. The lowest BCUT2D eigenvalue weighted by molar-refractivity contribution is 0.324. The van der Waals surface area contributed by atoms with Gasteiger partial charge in [-0.3, -0.25) is 4.79 Å². The number of aromatic nitrogens is 3. The van der Waals surface area contributed by atoms with Gasteiger partial charge in [-0.15, -0.1) is 5.10 Å². The first-order valence-corrected chi connectivity index (χ1v) is 10.3. The van der Waals surface area contributed by atoms with E-state index in [-0.39, 0.29) is 5.56 Å². The third-order valence-electron chi connectivity index (χ3n) is 4.81. The molecule has 8 nitrogen and oxygen atoms in total. The number of methoxy groups -OCH3 is 3. The van der Waals surface area contributed by atoms with Crippen LogP contribution >= 0.6 is 11.3 Å². The van der Waals surface area contributed by atoms with E-state index in [1.165, 1.54) is 15.9 Å². The highest BCUT2D eigenvalue weighted by atomic mass is 32.1. The Hall–Kier alpha value is -3.59. The summed E-state index contributed by atoms with van der Waals surface area (Å²) >= 11 is 1.30. The second-order valence-corrected chi connectivity index (χ2v) is 7.95. The van der Waals surface area contributed by atoms with E-state index in [2.05, 4.69) is 10.1 Å². The molecule has 0 aliphatic heterocycles. The summed E-state index contributed by atoms with van der Waals surface area (Å²) in [5.41, 5.74) is 2.49. The summed E-state index contributed by atoms with van der Waals surface area (Å²) in [5, 5.41) is 4.41. The van der Waals surface area contributed by atoms with Gasteiger partial charge in [0.25, 0.3) is 5.56 Å². The van der Waals surface area contributed by atoms with Crippen molar-refractivity contribution in [3.63, 3.8) is 0 Å². The highest BCUT2D eigenvalue weighted by Gasteiger charge is 2.18. The van der Waals surface area contributed by atoms with E-state index < -0.39 is 0 Å². The fraction of sp³-hybridized carbons (Fsp3) is 0.227. The molecule has 0 radical (unpaired) electrons. The molecular formula is C22H22N4O4S. The van der Waals surface area contributed by atoms with Gasteiger partial charge in [-0.2, -0.15) is 9.50 Å². The maximum atomic E-state index is 12.9. The maximum Gasteiger partial charge on any atom is 0.291 e. The molecule has 0 N–H and O–H groups in total. The zero-order valence-electron chi connectivity index (χ0n) is 17.9. The summed E-state index contributed by atoms with van der Waals surface area (Å²) in [5.74, 6) is 1.88. The van der Waals surface area contributed by atoms with Gasteiger partial charge in [0.1, 0.15) is 0 Å². The molecule has 2 aromatic carbocycles. The Morgan fingerprint density at radius 3 is 2.16 bits per heavy atom. The minimum Gasteiger partial charge on any atom is -0.493 e. The van der Waals surface area contributed by atoms with Crippen LogP contribution in [0.4, 0.5) is 5.69 Å². The Labute approximate surface area is 182 Å².